The van der Waals surface area contributed by atoms with Crippen molar-refractivity contribution in [3.8, 4) is 22.6 Å². The summed E-state index contributed by atoms with van der Waals surface area (Å²) in [6.45, 7) is 0.0249. The van der Waals surface area contributed by atoms with Gasteiger partial charge in [0.15, 0.2) is 6.79 Å². The molecule has 0 aromatic heterocycles. The molecule has 0 radical (unpaired) electrons. The summed E-state index contributed by atoms with van der Waals surface area (Å²) in [5.41, 5.74) is 7.27. The van der Waals surface area contributed by atoms with Crippen molar-refractivity contribution in [2.75, 3.05) is 26.7 Å². The predicted octanol–water partition coefficient (Wildman–Crippen LogP) is 4.48. The highest BCUT2D eigenvalue weighted by Crippen LogP contribution is 2.42. The first-order valence-corrected chi connectivity index (χ1v) is 7.39. The maximum atomic E-state index is 13.8. The molecule has 2 aromatic rings. The third-order valence-electron chi connectivity index (χ3n) is 2.95. The minimum atomic E-state index is -0.418. The SMILES string of the molecule is COCOc1c(Br)cc(F)cc1-c1cc(Cl)c(N)c(OC)c1. The molecule has 0 fully saturated rings. The summed E-state index contributed by atoms with van der Waals surface area (Å²) in [5.74, 6) is 0.422. The number of nitrogen functional groups attached to an aromatic ring is 1. The van der Waals surface area contributed by atoms with E-state index in [1.165, 1.54) is 26.4 Å². The minimum absolute atomic E-state index is 0.0249. The summed E-state index contributed by atoms with van der Waals surface area (Å²) in [7, 11) is 2.98. The van der Waals surface area contributed by atoms with E-state index in [2.05, 4.69) is 15.9 Å². The summed E-state index contributed by atoms with van der Waals surface area (Å²) in [5, 5.41) is 0.312. The third kappa shape index (κ3) is 3.45. The number of halogens is 3. The second-order valence-corrected chi connectivity index (χ2v) is 5.65. The Balaban J connectivity index is 2.63. The van der Waals surface area contributed by atoms with E-state index in [9.17, 15) is 4.39 Å². The molecule has 22 heavy (non-hydrogen) atoms. The number of ether oxygens (including phenoxy) is 3. The van der Waals surface area contributed by atoms with E-state index in [0.29, 0.717) is 37.8 Å². The van der Waals surface area contributed by atoms with Gasteiger partial charge in [-0.3, -0.25) is 0 Å². The van der Waals surface area contributed by atoms with Gasteiger partial charge < -0.3 is 19.9 Å². The normalized spacial score (nSPS) is 10.6. The van der Waals surface area contributed by atoms with E-state index < -0.39 is 5.82 Å². The molecule has 0 spiro atoms. The van der Waals surface area contributed by atoms with Gasteiger partial charge in [0.2, 0.25) is 0 Å². The standard InChI is InChI=1S/C15H14BrClFNO3/c1-20-7-22-15-10(5-9(18)6-11(15)16)8-3-12(17)14(19)13(4-8)21-2/h3-6H,7,19H2,1-2H3. The lowest BCUT2D eigenvalue weighted by molar-refractivity contribution is 0.0509. The van der Waals surface area contributed by atoms with Crippen molar-refractivity contribution in [1.29, 1.82) is 0 Å². The van der Waals surface area contributed by atoms with Crippen LogP contribution in [0.15, 0.2) is 28.7 Å². The number of hydrogen-bond donors (Lipinski definition) is 1. The van der Waals surface area contributed by atoms with Crippen molar-refractivity contribution < 1.29 is 18.6 Å². The number of rotatable bonds is 5. The molecule has 0 aliphatic heterocycles. The maximum absolute atomic E-state index is 13.8. The molecule has 0 unspecified atom stereocenters. The van der Waals surface area contributed by atoms with Crippen LogP contribution in [-0.2, 0) is 4.74 Å². The zero-order chi connectivity index (χ0) is 16.3. The number of anilines is 1. The maximum Gasteiger partial charge on any atom is 0.188 e. The average molecular weight is 391 g/mol. The van der Waals surface area contributed by atoms with E-state index in [4.69, 9.17) is 31.5 Å². The smallest absolute Gasteiger partial charge is 0.188 e. The van der Waals surface area contributed by atoms with E-state index in [-0.39, 0.29) is 6.79 Å². The molecule has 118 valence electrons. The molecule has 0 aliphatic rings. The molecule has 0 bridgehead atoms. The quantitative estimate of drug-likeness (QED) is 0.604. The van der Waals surface area contributed by atoms with Crippen molar-refractivity contribution in [3.63, 3.8) is 0 Å². The fraction of sp³-hybridized carbons (Fsp3) is 0.200. The van der Waals surface area contributed by atoms with Crippen LogP contribution in [0.1, 0.15) is 0 Å². The van der Waals surface area contributed by atoms with Gasteiger partial charge in [0.1, 0.15) is 17.3 Å². The molecule has 2 aromatic carbocycles. The Bertz CT molecular complexity index is 697. The van der Waals surface area contributed by atoms with Crippen LogP contribution in [0, 0.1) is 5.82 Å². The van der Waals surface area contributed by atoms with Gasteiger partial charge in [-0.05, 0) is 45.8 Å². The fourth-order valence-corrected chi connectivity index (χ4v) is 2.71. The van der Waals surface area contributed by atoms with Crippen LogP contribution in [0.5, 0.6) is 11.5 Å². The second-order valence-electron chi connectivity index (χ2n) is 4.39. The van der Waals surface area contributed by atoms with E-state index in [1.54, 1.807) is 12.1 Å². The summed E-state index contributed by atoms with van der Waals surface area (Å²) < 4.78 is 29.8. The van der Waals surface area contributed by atoms with Gasteiger partial charge in [-0.1, -0.05) is 11.6 Å². The van der Waals surface area contributed by atoms with Gasteiger partial charge in [-0.2, -0.15) is 0 Å². The Labute approximate surface area is 141 Å². The highest BCUT2D eigenvalue weighted by atomic mass is 79.9. The van der Waals surface area contributed by atoms with Gasteiger partial charge in [0, 0.05) is 12.7 Å². The van der Waals surface area contributed by atoms with Crippen LogP contribution in [0.2, 0.25) is 5.02 Å². The molecule has 0 saturated heterocycles. The molecule has 0 aliphatic carbocycles. The Morgan fingerprint density at radius 1 is 1.23 bits per heavy atom. The van der Waals surface area contributed by atoms with Crippen molar-refractivity contribution >= 4 is 33.2 Å². The van der Waals surface area contributed by atoms with E-state index in [1.807, 2.05) is 0 Å². The van der Waals surface area contributed by atoms with Crippen LogP contribution < -0.4 is 15.2 Å². The summed E-state index contributed by atoms with van der Waals surface area (Å²) in [6.07, 6.45) is 0. The molecule has 4 nitrogen and oxygen atoms in total. The van der Waals surface area contributed by atoms with Crippen LogP contribution in [0.25, 0.3) is 11.1 Å². The Morgan fingerprint density at radius 3 is 2.59 bits per heavy atom. The number of methoxy groups -OCH3 is 2. The van der Waals surface area contributed by atoms with Gasteiger partial charge in [0.05, 0.1) is 22.3 Å². The van der Waals surface area contributed by atoms with Crippen LogP contribution in [-0.4, -0.2) is 21.0 Å². The highest BCUT2D eigenvalue weighted by Gasteiger charge is 2.16. The zero-order valence-corrected chi connectivity index (χ0v) is 14.3. The first-order valence-electron chi connectivity index (χ1n) is 6.22. The fourth-order valence-electron chi connectivity index (χ4n) is 1.96. The Hall–Kier alpha value is -1.50. The third-order valence-corrected chi connectivity index (χ3v) is 3.85. The summed E-state index contributed by atoms with van der Waals surface area (Å²) in [6, 6.07) is 5.95. The Kier molecular flexibility index (Phi) is 5.50. The minimum Gasteiger partial charge on any atom is -0.495 e. The van der Waals surface area contributed by atoms with Crippen LogP contribution in [0.3, 0.4) is 0 Å². The first kappa shape index (κ1) is 16.9. The lowest BCUT2D eigenvalue weighted by atomic mass is 10.0. The summed E-state index contributed by atoms with van der Waals surface area (Å²) >= 11 is 9.39. The van der Waals surface area contributed by atoms with Crippen molar-refractivity contribution in [3.05, 3.63) is 39.6 Å². The van der Waals surface area contributed by atoms with Crippen molar-refractivity contribution in [2.24, 2.45) is 0 Å². The van der Waals surface area contributed by atoms with Gasteiger partial charge in [-0.15, -0.1) is 0 Å². The monoisotopic (exact) mass is 389 g/mol. The molecule has 0 saturated carbocycles. The second kappa shape index (κ2) is 7.17. The van der Waals surface area contributed by atoms with Crippen molar-refractivity contribution in [2.45, 2.75) is 0 Å². The van der Waals surface area contributed by atoms with Crippen LogP contribution in [0.4, 0.5) is 10.1 Å². The molecule has 0 atom stereocenters. The lowest BCUT2D eigenvalue weighted by Gasteiger charge is -2.15. The molecule has 2 N–H and O–H groups in total. The lowest BCUT2D eigenvalue weighted by Crippen LogP contribution is -2.02. The van der Waals surface area contributed by atoms with Gasteiger partial charge >= 0.3 is 0 Å². The first-order chi connectivity index (χ1) is 10.5. The topological polar surface area (TPSA) is 53.7 Å². The van der Waals surface area contributed by atoms with E-state index >= 15 is 0 Å². The number of hydrogen-bond acceptors (Lipinski definition) is 4. The largest absolute Gasteiger partial charge is 0.495 e. The molecule has 0 heterocycles. The highest BCUT2D eigenvalue weighted by molar-refractivity contribution is 9.10. The molecule has 7 heteroatoms. The molecule has 0 amide bonds. The van der Waals surface area contributed by atoms with Crippen LogP contribution >= 0.6 is 27.5 Å². The van der Waals surface area contributed by atoms with Gasteiger partial charge in [-0.25, -0.2) is 4.39 Å². The average Bonchev–Trinajstić information content (AvgIpc) is 2.48. The molecular weight excluding hydrogens is 377 g/mol. The molecular formula is C15H14BrClFNO3. The summed E-state index contributed by atoms with van der Waals surface area (Å²) in [4.78, 5) is 0. The zero-order valence-electron chi connectivity index (χ0n) is 12.0. The van der Waals surface area contributed by atoms with Crippen molar-refractivity contribution in [1.82, 2.24) is 0 Å². The van der Waals surface area contributed by atoms with E-state index in [0.717, 1.165) is 0 Å². The predicted molar refractivity (Wildman–Crippen MR) is 88.0 cm³/mol. The number of benzene rings is 2. The molecule has 2 rings (SSSR count). The number of nitrogens with two attached hydrogens (primary N) is 1. The Morgan fingerprint density at radius 2 is 1.95 bits per heavy atom. The van der Waals surface area contributed by atoms with Gasteiger partial charge in [0.25, 0.3) is 0 Å².